The summed E-state index contributed by atoms with van der Waals surface area (Å²) >= 11 is 0. The number of aliphatic imine (C=N–C) groups is 1. The molecular formula is C19H26N6O4. The third kappa shape index (κ3) is 5.32. The monoisotopic (exact) mass is 402 g/mol. The highest BCUT2D eigenvalue weighted by Crippen LogP contribution is 2.27. The lowest BCUT2D eigenvalue weighted by molar-refractivity contribution is -0.125. The molecule has 2 aromatic rings. The predicted octanol–water partition coefficient (Wildman–Crippen LogP) is -0.311. The number of benzene rings is 1. The van der Waals surface area contributed by atoms with Gasteiger partial charge in [-0.15, -0.1) is 0 Å². The summed E-state index contributed by atoms with van der Waals surface area (Å²) in [7, 11) is 0. The number of nitrogens with two attached hydrogens (primary N) is 4. The number of rotatable bonds is 8. The van der Waals surface area contributed by atoms with E-state index in [1.165, 1.54) is 17.9 Å². The van der Waals surface area contributed by atoms with Crippen LogP contribution >= 0.6 is 0 Å². The van der Waals surface area contributed by atoms with Crippen LogP contribution in [0.5, 0.6) is 0 Å². The smallest absolute Gasteiger partial charge is 0.336 e. The lowest BCUT2D eigenvalue weighted by atomic mass is 10.0. The molecule has 0 aliphatic carbocycles. The summed E-state index contributed by atoms with van der Waals surface area (Å²) in [6.07, 6.45) is 0.668. The lowest BCUT2D eigenvalue weighted by Gasteiger charge is -2.31. The van der Waals surface area contributed by atoms with Crippen molar-refractivity contribution < 1.29 is 14.0 Å². The van der Waals surface area contributed by atoms with Crippen molar-refractivity contribution in [3.63, 3.8) is 0 Å². The number of hydrogen-bond donors (Lipinski definition) is 4. The summed E-state index contributed by atoms with van der Waals surface area (Å²) in [4.78, 5) is 41.8. The number of carbonyl (C=O) groups is 2. The van der Waals surface area contributed by atoms with Crippen LogP contribution in [0.3, 0.4) is 0 Å². The van der Waals surface area contributed by atoms with Crippen molar-refractivity contribution in [3.05, 3.63) is 40.2 Å². The van der Waals surface area contributed by atoms with Crippen LogP contribution in [-0.4, -0.2) is 36.4 Å². The molecule has 1 aromatic heterocycles. The predicted molar refractivity (Wildman–Crippen MR) is 111 cm³/mol. The first-order chi connectivity index (χ1) is 13.6. The summed E-state index contributed by atoms with van der Waals surface area (Å²) in [5.74, 6) is -1.21. The molecular weight excluding hydrogens is 376 g/mol. The third-order valence-electron chi connectivity index (χ3n) is 4.41. The maximum absolute atomic E-state index is 12.9. The minimum absolute atomic E-state index is 0.0596. The van der Waals surface area contributed by atoms with Gasteiger partial charge >= 0.3 is 5.63 Å². The van der Waals surface area contributed by atoms with Gasteiger partial charge in [0.15, 0.2) is 5.96 Å². The van der Waals surface area contributed by atoms with Crippen LogP contribution in [0.15, 0.2) is 38.5 Å². The van der Waals surface area contributed by atoms with Gasteiger partial charge in [0, 0.05) is 23.7 Å². The van der Waals surface area contributed by atoms with Crippen LogP contribution < -0.4 is 33.5 Å². The molecule has 2 atom stereocenters. The summed E-state index contributed by atoms with van der Waals surface area (Å²) in [6.45, 7) is 3.56. The molecule has 156 valence electrons. The minimum atomic E-state index is -0.948. The molecule has 0 saturated carbocycles. The van der Waals surface area contributed by atoms with Crippen LogP contribution in [0.4, 0.5) is 5.69 Å². The van der Waals surface area contributed by atoms with E-state index in [1.54, 1.807) is 25.1 Å². The number of amides is 2. The van der Waals surface area contributed by atoms with Crippen LogP contribution in [-0.2, 0) is 9.59 Å². The van der Waals surface area contributed by atoms with Crippen molar-refractivity contribution in [2.45, 2.75) is 38.8 Å². The van der Waals surface area contributed by atoms with Crippen LogP contribution in [0.25, 0.3) is 11.0 Å². The number of fused-ring (bicyclic) bond motifs is 1. The Bertz CT molecular complexity index is 994. The summed E-state index contributed by atoms with van der Waals surface area (Å²) in [5, 5.41) is 0.633. The maximum Gasteiger partial charge on any atom is 0.336 e. The molecule has 1 heterocycles. The van der Waals surface area contributed by atoms with Gasteiger partial charge < -0.3 is 27.4 Å². The zero-order valence-corrected chi connectivity index (χ0v) is 16.4. The Morgan fingerprint density at radius 3 is 2.48 bits per heavy atom. The number of anilines is 1. The third-order valence-corrected chi connectivity index (χ3v) is 4.41. The molecule has 0 saturated heterocycles. The Hall–Kier alpha value is -3.40. The van der Waals surface area contributed by atoms with Gasteiger partial charge in [0.2, 0.25) is 11.8 Å². The summed E-state index contributed by atoms with van der Waals surface area (Å²) in [6, 6.07) is 4.36. The van der Waals surface area contributed by atoms with Crippen molar-refractivity contribution in [2.24, 2.45) is 27.9 Å². The second-order valence-electron chi connectivity index (χ2n) is 6.79. The van der Waals surface area contributed by atoms with Crippen molar-refractivity contribution in [1.29, 1.82) is 0 Å². The standard InChI is InChI=1S/C19H26N6O4/c1-10-8-16(26)29-15-6-5-12(9-13(10)15)25(18(28)11(2)20)14(17(21)27)4-3-7-24-19(22)23/h5-6,8-9,11,14H,3-4,7,20H2,1-2H3,(H2,21,27)(H4,22,23,24)/t11-,14-/m0/s1. The zero-order chi connectivity index (χ0) is 21.7. The molecule has 0 bridgehead atoms. The molecule has 0 unspecified atom stereocenters. The molecule has 2 amide bonds. The second-order valence-corrected chi connectivity index (χ2v) is 6.79. The molecule has 10 heteroatoms. The van der Waals surface area contributed by atoms with Gasteiger partial charge in [0.25, 0.3) is 0 Å². The number of aryl methyl sites for hydroxylation is 1. The first kappa shape index (κ1) is 21.9. The van der Waals surface area contributed by atoms with Crippen LogP contribution in [0.2, 0.25) is 0 Å². The Morgan fingerprint density at radius 2 is 1.90 bits per heavy atom. The molecule has 1 aromatic carbocycles. The lowest BCUT2D eigenvalue weighted by Crippen LogP contribution is -2.53. The van der Waals surface area contributed by atoms with Crippen molar-refractivity contribution in [1.82, 2.24) is 0 Å². The van der Waals surface area contributed by atoms with Gasteiger partial charge in [0.1, 0.15) is 11.6 Å². The molecule has 2 rings (SSSR count). The average Bonchev–Trinajstić information content (AvgIpc) is 2.63. The van der Waals surface area contributed by atoms with Gasteiger partial charge in [-0.2, -0.15) is 0 Å². The van der Waals surface area contributed by atoms with E-state index in [1.807, 2.05) is 0 Å². The van der Waals surface area contributed by atoms with Gasteiger partial charge in [0.05, 0.1) is 6.04 Å². The zero-order valence-electron chi connectivity index (χ0n) is 16.4. The largest absolute Gasteiger partial charge is 0.423 e. The fourth-order valence-electron chi connectivity index (χ4n) is 3.03. The quantitative estimate of drug-likeness (QED) is 0.202. The van der Waals surface area contributed by atoms with E-state index in [0.717, 1.165) is 0 Å². The van der Waals surface area contributed by atoms with E-state index in [0.29, 0.717) is 28.6 Å². The van der Waals surface area contributed by atoms with E-state index in [9.17, 15) is 14.4 Å². The first-order valence-corrected chi connectivity index (χ1v) is 9.09. The molecule has 10 nitrogen and oxygen atoms in total. The fourth-order valence-corrected chi connectivity index (χ4v) is 3.03. The molecule has 8 N–H and O–H groups in total. The van der Waals surface area contributed by atoms with Gasteiger partial charge in [-0.05, 0) is 50.5 Å². The SMILES string of the molecule is Cc1cc(=O)oc2ccc(N(C(=O)[C@H](C)N)[C@@H](CCCN=C(N)N)C(N)=O)cc12. The summed E-state index contributed by atoms with van der Waals surface area (Å²) < 4.78 is 5.18. The van der Waals surface area contributed by atoms with Gasteiger partial charge in [-0.1, -0.05) is 0 Å². The molecule has 0 aliphatic heterocycles. The fraction of sp³-hybridized carbons (Fsp3) is 0.368. The van der Waals surface area contributed by atoms with E-state index in [-0.39, 0.29) is 18.9 Å². The Kier molecular flexibility index (Phi) is 6.94. The second kappa shape index (κ2) is 9.20. The molecule has 0 aliphatic rings. The van der Waals surface area contributed by atoms with E-state index in [4.69, 9.17) is 27.4 Å². The van der Waals surface area contributed by atoms with Gasteiger partial charge in [-0.3, -0.25) is 19.5 Å². The molecule has 0 fully saturated rings. The molecule has 0 radical (unpaired) electrons. The Balaban J connectivity index is 2.49. The first-order valence-electron chi connectivity index (χ1n) is 9.09. The number of guanidine groups is 1. The van der Waals surface area contributed by atoms with E-state index in [2.05, 4.69) is 4.99 Å². The highest BCUT2D eigenvalue weighted by molar-refractivity contribution is 6.04. The average molecular weight is 402 g/mol. The maximum atomic E-state index is 12.9. The number of nitrogens with zero attached hydrogens (tertiary/aromatic N) is 2. The van der Waals surface area contributed by atoms with Crippen molar-refractivity contribution >= 4 is 34.4 Å². The van der Waals surface area contributed by atoms with E-state index < -0.39 is 29.5 Å². The Morgan fingerprint density at radius 1 is 1.21 bits per heavy atom. The number of hydrogen-bond acceptors (Lipinski definition) is 6. The minimum Gasteiger partial charge on any atom is -0.423 e. The number of carbonyl (C=O) groups excluding carboxylic acids is 2. The van der Waals surface area contributed by atoms with Crippen molar-refractivity contribution in [2.75, 3.05) is 11.4 Å². The van der Waals surface area contributed by atoms with Crippen LogP contribution in [0.1, 0.15) is 25.3 Å². The van der Waals surface area contributed by atoms with Crippen molar-refractivity contribution in [3.8, 4) is 0 Å². The topological polar surface area (TPSA) is 184 Å². The van der Waals surface area contributed by atoms with Crippen LogP contribution in [0, 0.1) is 6.92 Å². The summed E-state index contributed by atoms with van der Waals surface area (Å²) in [5.41, 5.74) is 23.0. The highest BCUT2D eigenvalue weighted by Gasteiger charge is 2.31. The van der Waals surface area contributed by atoms with Gasteiger partial charge in [-0.25, -0.2) is 4.79 Å². The Labute approximate surface area is 167 Å². The normalized spacial score (nSPS) is 12.9. The molecule has 29 heavy (non-hydrogen) atoms. The van der Waals surface area contributed by atoms with E-state index >= 15 is 0 Å². The highest BCUT2D eigenvalue weighted by atomic mass is 16.4. The molecule has 0 spiro atoms. The number of primary amides is 1.